The summed E-state index contributed by atoms with van der Waals surface area (Å²) in [6.07, 6.45) is 0.196. The van der Waals surface area contributed by atoms with Crippen LogP contribution in [-0.4, -0.2) is 31.6 Å². The number of carbonyl (C=O) groups excluding carboxylic acids is 2. The first kappa shape index (κ1) is 16.5. The molecule has 0 aromatic heterocycles. The number of benzene rings is 1. The molecule has 110 valence electrons. The van der Waals surface area contributed by atoms with E-state index in [1.165, 1.54) is 0 Å². The van der Waals surface area contributed by atoms with Gasteiger partial charge < -0.3 is 9.47 Å². The lowest BCUT2D eigenvalue weighted by molar-refractivity contribution is -0.130. The summed E-state index contributed by atoms with van der Waals surface area (Å²) < 4.78 is 11.2. The van der Waals surface area contributed by atoms with Crippen LogP contribution in [-0.2, 0) is 14.3 Å². The Morgan fingerprint density at radius 2 is 1.80 bits per heavy atom. The van der Waals surface area contributed by atoms with E-state index in [1.807, 2.05) is 19.1 Å². The Morgan fingerprint density at radius 1 is 1.15 bits per heavy atom. The van der Waals surface area contributed by atoms with Gasteiger partial charge in [-0.1, -0.05) is 15.9 Å². The minimum atomic E-state index is -0.433. The fourth-order valence-corrected chi connectivity index (χ4v) is 1.49. The van der Waals surface area contributed by atoms with E-state index in [1.54, 1.807) is 12.1 Å². The maximum absolute atomic E-state index is 11.4. The van der Waals surface area contributed by atoms with Crippen molar-refractivity contribution in [3.8, 4) is 5.75 Å². The van der Waals surface area contributed by atoms with Gasteiger partial charge in [0.25, 0.3) is 5.91 Å². The fourth-order valence-electron chi connectivity index (χ4n) is 1.23. The van der Waals surface area contributed by atoms with Crippen molar-refractivity contribution in [3.05, 3.63) is 28.7 Å². The second-order valence-corrected chi connectivity index (χ2v) is 4.70. The number of halogens is 1. The predicted octanol–water partition coefficient (Wildman–Crippen LogP) is 1.40. The lowest BCUT2D eigenvalue weighted by Gasteiger charge is -2.08. The number of nitrogens with one attached hydrogen (secondary N) is 2. The fraction of sp³-hybridized carbons (Fsp3) is 0.385. The lowest BCUT2D eigenvalue weighted by Crippen LogP contribution is -2.44. The molecule has 1 rings (SSSR count). The van der Waals surface area contributed by atoms with Gasteiger partial charge in [0, 0.05) is 11.1 Å². The summed E-state index contributed by atoms with van der Waals surface area (Å²) in [4.78, 5) is 22.7. The third-order valence-electron chi connectivity index (χ3n) is 2.20. The molecule has 7 heteroatoms. The molecule has 0 aliphatic carbocycles. The number of carbonyl (C=O) groups is 2. The lowest BCUT2D eigenvalue weighted by atomic mass is 10.3. The minimum absolute atomic E-state index is 0.173. The van der Waals surface area contributed by atoms with Gasteiger partial charge in [-0.3, -0.25) is 20.4 Å². The highest BCUT2D eigenvalue weighted by atomic mass is 79.9. The van der Waals surface area contributed by atoms with Crippen molar-refractivity contribution in [2.45, 2.75) is 13.3 Å². The van der Waals surface area contributed by atoms with Gasteiger partial charge in [0.15, 0.2) is 6.61 Å². The molecule has 6 nitrogen and oxygen atoms in total. The van der Waals surface area contributed by atoms with Crippen LogP contribution in [0.3, 0.4) is 0 Å². The topological polar surface area (TPSA) is 76.7 Å². The van der Waals surface area contributed by atoms with Crippen LogP contribution in [0.25, 0.3) is 0 Å². The average molecular weight is 345 g/mol. The maximum Gasteiger partial charge on any atom is 0.276 e. The van der Waals surface area contributed by atoms with Crippen molar-refractivity contribution in [3.63, 3.8) is 0 Å². The van der Waals surface area contributed by atoms with E-state index in [9.17, 15) is 9.59 Å². The summed E-state index contributed by atoms with van der Waals surface area (Å²) in [6.45, 7) is 2.56. The quantitative estimate of drug-likeness (QED) is 0.579. The number of hydrogen-bond donors (Lipinski definition) is 2. The smallest absolute Gasteiger partial charge is 0.276 e. The Labute approximate surface area is 125 Å². The van der Waals surface area contributed by atoms with Crippen LogP contribution in [0.4, 0.5) is 0 Å². The van der Waals surface area contributed by atoms with Crippen LogP contribution >= 0.6 is 15.9 Å². The highest BCUT2D eigenvalue weighted by Gasteiger charge is 2.05. The van der Waals surface area contributed by atoms with Crippen LogP contribution in [0, 0.1) is 0 Å². The Bertz CT molecular complexity index is 437. The van der Waals surface area contributed by atoms with Gasteiger partial charge in [0.05, 0.1) is 13.0 Å². The van der Waals surface area contributed by atoms with E-state index >= 15 is 0 Å². The van der Waals surface area contributed by atoms with Gasteiger partial charge >= 0.3 is 0 Å². The number of ether oxygens (including phenoxy) is 2. The highest BCUT2D eigenvalue weighted by molar-refractivity contribution is 9.10. The minimum Gasteiger partial charge on any atom is -0.484 e. The summed E-state index contributed by atoms with van der Waals surface area (Å²) in [5.74, 6) is -0.167. The molecule has 0 atom stereocenters. The zero-order valence-corrected chi connectivity index (χ0v) is 12.7. The van der Waals surface area contributed by atoms with Crippen molar-refractivity contribution in [2.24, 2.45) is 0 Å². The summed E-state index contributed by atoms with van der Waals surface area (Å²) in [6, 6.07) is 7.08. The average Bonchev–Trinajstić information content (AvgIpc) is 2.45. The molecule has 1 aromatic rings. The van der Waals surface area contributed by atoms with Crippen LogP contribution in [0.15, 0.2) is 28.7 Å². The van der Waals surface area contributed by atoms with Gasteiger partial charge in [-0.2, -0.15) is 0 Å². The second-order valence-electron chi connectivity index (χ2n) is 3.79. The first-order valence-corrected chi connectivity index (χ1v) is 6.95. The Hall–Kier alpha value is -1.60. The number of hydrazine groups is 1. The van der Waals surface area contributed by atoms with Crippen molar-refractivity contribution >= 4 is 27.7 Å². The molecular formula is C13H17BrN2O4. The maximum atomic E-state index is 11.4. The Morgan fingerprint density at radius 3 is 2.45 bits per heavy atom. The van der Waals surface area contributed by atoms with E-state index in [0.717, 1.165) is 4.47 Å². The van der Waals surface area contributed by atoms with Crippen LogP contribution in [0.2, 0.25) is 0 Å². The van der Waals surface area contributed by atoms with E-state index < -0.39 is 5.91 Å². The summed E-state index contributed by atoms with van der Waals surface area (Å²) >= 11 is 3.30. The van der Waals surface area contributed by atoms with Gasteiger partial charge in [-0.25, -0.2) is 0 Å². The first-order chi connectivity index (χ1) is 9.61. The second kappa shape index (κ2) is 9.33. The number of hydrogen-bond acceptors (Lipinski definition) is 4. The normalized spacial score (nSPS) is 9.90. The molecule has 0 bridgehead atoms. The third kappa shape index (κ3) is 7.10. The largest absolute Gasteiger partial charge is 0.484 e. The van der Waals surface area contributed by atoms with E-state index in [0.29, 0.717) is 19.0 Å². The monoisotopic (exact) mass is 344 g/mol. The van der Waals surface area contributed by atoms with E-state index in [4.69, 9.17) is 9.47 Å². The first-order valence-electron chi connectivity index (χ1n) is 6.15. The van der Waals surface area contributed by atoms with Crippen LogP contribution in [0.5, 0.6) is 5.75 Å². The van der Waals surface area contributed by atoms with Gasteiger partial charge in [0.2, 0.25) is 5.91 Å². The van der Waals surface area contributed by atoms with E-state index in [2.05, 4.69) is 26.8 Å². The van der Waals surface area contributed by atoms with Crippen LogP contribution < -0.4 is 15.6 Å². The van der Waals surface area contributed by atoms with Crippen LogP contribution in [0.1, 0.15) is 13.3 Å². The zero-order valence-electron chi connectivity index (χ0n) is 11.1. The zero-order chi connectivity index (χ0) is 14.8. The molecule has 0 aliphatic rings. The Kier molecular flexibility index (Phi) is 7.67. The summed E-state index contributed by atoms with van der Waals surface area (Å²) in [7, 11) is 0. The van der Waals surface area contributed by atoms with Crippen molar-refractivity contribution in [1.82, 2.24) is 10.9 Å². The summed E-state index contributed by atoms with van der Waals surface area (Å²) in [5.41, 5.74) is 4.54. The Balaban J connectivity index is 2.17. The molecule has 0 fully saturated rings. The molecule has 0 saturated heterocycles. The molecule has 0 spiro atoms. The molecule has 20 heavy (non-hydrogen) atoms. The molecule has 0 aliphatic heterocycles. The van der Waals surface area contributed by atoms with Crippen molar-refractivity contribution < 1.29 is 19.1 Å². The van der Waals surface area contributed by atoms with E-state index in [-0.39, 0.29) is 18.9 Å². The molecule has 0 unspecified atom stereocenters. The van der Waals surface area contributed by atoms with Crippen molar-refractivity contribution in [2.75, 3.05) is 19.8 Å². The molecule has 1 aromatic carbocycles. The molecule has 2 amide bonds. The molecule has 2 N–H and O–H groups in total. The van der Waals surface area contributed by atoms with Crippen molar-refractivity contribution in [1.29, 1.82) is 0 Å². The number of amides is 2. The number of rotatable bonds is 7. The molecule has 0 saturated carbocycles. The predicted molar refractivity (Wildman–Crippen MR) is 77.0 cm³/mol. The van der Waals surface area contributed by atoms with Gasteiger partial charge in [0.1, 0.15) is 5.75 Å². The molecular weight excluding hydrogens is 328 g/mol. The standard InChI is InChI=1S/C13H17BrN2O4/c1-2-19-8-7-12(17)15-16-13(18)9-20-11-5-3-10(14)4-6-11/h3-6H,2,7-9H2,1H3,(H,15,17)(H,16,18). The molecule has 0 radical (unpaired) electrons. The SMILES string of the molecule is CCOCCC(=O)NNC(=O)COc1ccc(Br)cc1. The van der Waals surface area contributed by atoms with Gasteiger partial charge in [-0.05, 0) is 31.2 Å². The van der Waals surface area contributed by atoms with Gasteiger partial charge in [-0.15, -0.1) is 0 Å². The molecule has 0 heterocycles. The highest BCUT2D eigenvalue weighted by Crippen LogP contribution is 2.15. The third-order valence-corrected chi connectivity index (χ3v) is 2.73. The summed E-state index contributed by atoms with van der Waals surface area (Å²) in [5, 5.41) is 0.